The van der Waals surface area contributed by atoms with Crippen LogP contribution in [0, 0.1) is 24.1 Å². The lowest BCUT2D eigenvalue weighted by Crippen LogP contribution is -2.50. The molecule has 26 heavy (non-hydrogen) atoms. The molecule has 5 nitrogen and oxygen atoms in total. The summed E-state index contributed by atoms with van der Waals surface area (Å²) in [4.78, 5) is 18.5. The van der Waals surface area contributed by atoms with Crippen LogP contribution in [0.15, 0.2) is 18.2 Å². The number of anilines is 1. The number of hydrogen-bond donors (Lipinski definition) is 1. The number of rotatable bonds is 3. The molecule has 1 saturated heterocycles. The molecular weight excluding hydrogens is 375 g/mol. The van der Waals surface area contributed by atoms with E-state index in [4.69, 9.17) is 11.6 Å². The van der Waals surface area contributed by atoms with Gasteiger partial charge < -0.3 is 4.90 Å². The van der Waals surface area contributed by atoms with Crippen molar-refractivity contribution in [2.75, 3.05) is 18.4 Å². The first kappa shape index (κ1) is 19.0. The molecule has 0 bridgehead atoms. The van der Waals surface area contributed by atoms with Crippen molar-refractivity contribution in [1.29, 1.82) is 0 Å². The normalized spacial score (nSPS) is 19.4. The van der Waals surface area contributed by atoms with E-state index in [1.165, 1.54) is 17.6 Å². The number of nitrogens with one attached hydrogen (secondary N) is 1. The molecule has 1 unspecified atom stereocenters. The molecule has 0 saturated carbocycles. The van der Waals surface area contributed by atoms with Crippen molar-refractivity contribution >= 4 is 34.3 Å². The lowest BCUT2D eigenvalue weighted by Gasteiger charge is -2.44. The van der Waals surface area contributed by atoms with Crippen molar-refractivity contribution in [3.05, 3.63) is 40.4 Å². The number of hydrogen-bond acceptors (Lipinski definition) is 4. The molecule has 1 N–H and O–H groups in total. The quantitative estimate of drug-likeness (QED) is 0.813. The molecule has 2 heterocycles. The lowest BCUT2D eigenvalue weighted by molar-refractivity contribution is 0.0778. The zero-order valence-electron chi connectivity index (χ0n) is 15.1. The van der Waals surface area contributed by atoms with E-state index in [2.05, 4.69) is 28.5 Å². The summed E-state index contributed by atoms with van der Waals surface area (Å²) in [7, 11) is 0. The highest BCUT2D eigenvalue weighted by atomic mass is 35.5. The SMILES string of the molecule is Cc1nsc(NC(=O)N2CCC(Cc3ccc(Cl)cc3F)C(C)(C)C2)n1. The van der Waals surface area contributed by atoms with E-state index >= 15 is 0 Å². The zero-order chi connectivity index (χ0) is 18.9. The average Bonchev–Trinajstić information content (AvgIpc) is 2.96. The van der Waals surface area contributed by atoms with Crippen molar-refractivity contribution < 1.29 is 9.18 Å². The molecule has 140 valence electrons. The first-order valence-electron chi connectivity index (χ1n) is 8.55. The number of amides is 2. The van der Waals surface area contributed by atoms with Gasteiger partial charge in [0.05, 0.1) is 0 Å². The molecule has 1 aromatic carbocycles. The molecule has 1 fully saturated rings. The van der Waals surface area contributed by atoms with Crippen LogP contribution in [0.25, 0.3) is 0 Å². The molecular formula is C18H22ClFN4OS. The molecule has 3 rings (SSSR count). The maximum Gasteiger partial charge on any atom is 0.323 e. The summed E-state index contributed by atoms with van der Waals surface area (Å²) in [5.74, 6) is 0.667. The van der Waals surface area contributed by atoms with Gasteiger partial charge in [-0.15, -0.1) is 0 Å². The largest absolute Gasteiger partial charge is 0.324 e. The van der Waals surface area contributed by atoms with Gasteiger partial charge >= 0.3 is 6.03 Å². The summed E-state index contributed by atoms with van der Waals surface area (Å²) in [6.45, 7) is 7.28. The number of aryl methyl sites for hydroxylation is 1. The van der Waals surface area contributed by atoms with Crippen molar-refractivity contribution in [3.8, 4) is 0 Å². The van der Waals surface area contributed by atoms with Gasteiger partial charge in [0.25, 0.3) is 0 Å². The van der Waals surface area contributed by atoms with Gasteiger partial charge in [0.2, 0.25) is 5.13 Å². The Morgan fingerprint density at radius 2 is 2.27 bits per heavy atom. The van der Waals surface area contributed by atoms with E-state index in [1.807, 2.05) is 0 Å². The van der Waals surface area contributed by atoms with E-state index in [0.29, 0.717) is 41.1 Å². The number of likely N-dealkylation sites (tertiary alicyclic amines) is 1. The Labute approximate surface area is 161 Å². The Kier molecular flexibility index (Phi) is 5.48. The van der Waals surface area contributed by atoms with E-state index < -0.39 is 0 Å². The van der Waals surface area contributed by atoms with E-state index in [9.17, 15) is 9.18 Å². The minimum Gasteiger partial charge on any atom is -0.324 e. The number of urea groups is 1. The maximum atomic E-state index is 14.1. The zero-order valence-corrected chi connectivity index (χ0v) is 16.6. The molecule has 1 aliphatic heterocycles. The summed E-state index contributed by atoms with van der Waals surface area (Å²) in [6, 6.07) is 4.67. The molecule has 8 heteroatoms. The number of benzene rings is 1. The van der Waals surface area contributed by atoms with Gasteiger partial charge in [0.15, 0.2) is 0 Å². The van der Waals surface area contributed by atoms with Crippen LogP contribution in [-0.2, 0) is 6.42 Å². The number of carbonyl (C=O) groups excluding carboxylic acids is 1. The topological polar surface area (TPSA) is 58.1 Å². The molecule has 1 aliphatic rings. The van der Waals surface area contributed by atoms with Gasteiger partial charge in [-0.2, -0.15) is 4.37 Å². The van der Waals surface area contributed by atoms with Crippen LogP contribution in [0.4, 0.5) is 14.3 Å². The molecule has 1 atom stereocenters. The smallest absolute Gasteiger partial charge is 0.323 e. The molecule has 2 aromatic rings. The second-order valence-corrected chi connectivity index (χ2v) is 8.60. The first-order valence-corrected chi connectivity index (χ1v) is 9.70. The predicted molar refractivity (Wildman–Crippen MR) is 102 cm³/mol. The Bertz CT molecular complexity index is 810. The monoisotopic (exact) mass is 396 g/mol. The van der Waals surface area contributed by atoms with Crippen molar-refractivity contribution in [2.45, 2.75) is 33.6 Å². The number of carbonyl (C=O) groups is 1. The van der Waals surface area contributed by atoms with Gasteiger partial charge in [-0.25, -0.2) is 14.2 Å². The van der Waals surface area contributed by atoms with Crippen molar-refractivity contribution in [3.63, 3.8) is 0 Å². The second-order valence-electron chi connectivity index (χ2n) is 7.41. The minimum absolute atomic E-state index is 0.126. The summed E-state index contributed by atoms with van der Waals surface area (Å²) in [5, 5.41) is 3.72. The standard InChI is InChI=1S/C18H22ClFN4OS/c1-11-21-16(26-23-11)22-17(25)24-7-6-13(18(2,3)10-24)8-12-4-5-14(19)9-15(12)20/h4-5,9,13H,6-8,10H2,1-3H3,(H,21,22,23,25). The fourth-order valence-electron chi connectivity index (χ4n) is 3.43. The fraction of sp³-hybridized carbons (Fsp3) is 0.500. The second kappa shape index (κ2) is 7.48. The summed E-state index contributed by atoms with van der Waals surface area (Å²) < 4.78 is 18.2. The molecule has 1 aromatic heterocycles. The van der Waals surface area contributed by atoms with Crippen molar-refractivity contribution in [1.82, 2.24) is 14.3 Å². The minimum atomic E-state index is -0.264. The summed E-state index contributed by atoms with van der Waals surface area (Å²) in [6.07, 6.45) is 1.46. The van der Waals surface area contributed by atoms with Gasteiger partial charge in [-0.1, -0.05) is 31.5 Å². The third-order valence-electron chi connectivity index (χ3n) is 4.96. The van der Waals surface area contributed by atoms with Gasteiger partial charge in [0, 0.05) is 29.6 Å². The highest BCUT2D eigenvalue weighted by molar-refractivity contribution is 7.09. The number of aromatic nitrogens is 2. The van der Waals surface area contributed by atoms with Crippen LogP contribution in [0.1, 0.15) is 31.7 Å². The predicted octanol–water partition coefficient (Wildman–Crippen LogP) is 4.76. The first-order chi connectivity index (χ1) is 12.2. The lowest BCUT2D eigenvalue weighted by atomic mass is 9.71. The number of piperidine rings is 1. The highest BCUT2D eigenvalue weighted by Crippen LogP contribution is 2.38. The van der Waals surface area contributed by atoms with Crippen molar-refractivity contribution in [2.24, 2.45) is 11.3 Å². The van der Waals surface area contributed by atoms with Crippen LogP contribution in [0.2, 0.25) is 5.02 Å². The van der Waals surface area contributed by atoms with Crippen LogP contribution >= 0.6 is 23.1 Å². The molecule has 0 spiro atoms. The van der Waals surface area contributed by atoms with Gasteiger partial charge in [0.1, 0.15) is 11.6 Å². The summed E-state index contributed by atoms with van der Waals surface area (Å²) >= 11 is 7.01. The molecule has 2 amide bonds. The van der Waals surface area contributed by atoms with E-state index in [1.54, 1.807) is 24.0 Å². The van der Waals surface area contributed by atoms with E-state index in [-0.39, 0.29) is 23.2 Å². The van der Waals surface area contributed by atoms with E-state index in [0.717, 1.165) is 6.42 Å². The number of nitrogens with zero attached hydrogens (tertiary/aromatic N) is 3. The summed E-state index contributed by atoms with van der Waals surface area (Å²) in [5.41, 5.74) is 0.549. The molecule has 0 radical (unpaired) electrons. The maximum absolute atomic E-state index is 14.1. The van der Waals surface area contributed by atoms with Gasteiger partial charge in [-0.05, 0) is 48.8 Å². The van der Waals surface area contributed by atoms with Crippen LogP contribution in [0.5, 0.6) is 0 Å². The highest BCUT2D eigenvalue weighted by Gasteiger charge is 2.38. The average molecular weight is 397 g/mol. The van der Waals surface area contributed by atoms with Crippen LogP contribution in [-0.4, -0.2) is 33.4 Å². The Balaban J connectivity index is 1.64. The Hall–Kier alpha value is -1.73. The third-order valence-corrected chi connectivity index (χ3v) is 5.92. The fourth-order valence-corrected chi connectivity index (χ4v) is 4.15. The third kappa shape index (κ3) is 4.32. The van der Waals surface area contributed by atoms with Crippen LogP contribution in [0.3, 0.4) is 0 Å². The Morgan fingerprint density at radius 1 is 1.50 bits per heavy atom. The number of halogens is 2. The van der Waals surface area contributed by atoms with Crippen LogP contribution < -0.4 is 5.32 Å². The Morgan fingerprint density at radius 3 is 2.88 bits per heavy atom. The van der Waals surface area contributed by atoms with Gasteiger partial charge in [-0.3, -0.25) is 5.32 Å². The molecule has 0 aliphatic carbocycles.